The van der Waals surface area contributed by atoms with Gasteiger partial charge in [-0.15, -0.1) is 0 Å². The number of hydrogen-bond donors (Lipinski definition) is 0. The summed E-state index contributed by atoms with van der Waals surface area (Å²) in [6, 6.07) is 7.42. The Hall–Kier alpha value is -0.990. The maximum absolute atomic E-state index is 12.3. The van der Waals surface area contributed by atoms with Crippen molar-refractivity contribution in [3.8, 4) is 0 Å². The molecule has 0 aliphatic carbocycles. The molecule has 0 N–H and O–H groups in total. The zero-order chi connectivity index (χ0) is 17.0. The van der Waals surface area contributed by atoms with Gasteiger partial charge < -0.3 is 9.47 Å². The zero-order valence-electron chi connectivity index (χ0n) is 14.2. The predicted molar refractivity (Wildman–Crippen MR) is 88.8 cm³/mol. The van der Waals surface area contributed by atoms with Gasteiger partial charge in [0.15, 0.2) is 0 Å². The van der Waals surface area contributed by atoms with Crippen LogP contribution in [0.25, 0.3) is 0 Å². The summed E-state index contributed by atoms with van der Waals surface area (Å²) in [7, 11) is 3.10. The van der Waals surface area contributed by atoms with Crippen LogP contribution >= 0.6 is 0 Å². The highest BCUT2D eigenvalue weighted by atomic mass is 32.2. The monoisotopic (exact) mass is 342 g/mol. The Kier molecular flexibility index (Phi) is 6.16. The normalized spacial score (nSPS) is 22.8. The molecule has 130 valence electrons. The summed E-state index contributed by atoms with van der Waals surface area (Å²) >= 11 is 0. The molecule has 0 bridgehead atoms. The molecule has 0 saturated carbocycles. The lowest BCUT2D eigenvalue weighted by molar-refractivity contribution is 0.106. The van der Waals surface area contributed by atoms with Crippen LogP contribution in [0, 0.1) is 0 Å². The summed E-state index contributed by atoms with van der Waals surface area (Å²) in [4.78, 5) is 2.62. The standard InChI is InChI=1S/C16H26N2O4S/c1-17(2)23(19,20)16-7-5-6-13(8-16)10-18-11-15(22-4)9-14(18)12-21-3/h5-8,14-15H,9-12H2,1-4H3/t14-,15+/m0/s1. The molecule has 0 unspecified atom stereocenters. The molecule has 1 aromatic carbocycles. The minimum Gasteiger partial charge on any atom is -0.383 e. The molecule has 1 saturated heterocycles. The topological polar surface area (TPSA) is 59.1 Å². The van der Waals surface area contributed by atoms with Gasteiger partial charge in [-0.1, -0.05) is 12.1 Å². The summed E-state index contributed by atoms with van der Waals surface area (Å²) in [5, 5.41) is 0. The lowest BCUT2D eigenvalue weighted by atomic mass is 10.2. The summed E-state index contributed by atoms with van der Waals surface area (Å²) < 4.78 is 36.5. The van der Waals surface area contributed by atoms with Gasteiger partial charge in [-0.25, -0.2) is 12.7 Å². The number of ether oxygens (including phenoxy) is 2. The van der Waals surface area contributed by atoms with Crippen molar-refractivity contribution < 1.29 is 17.9 Å². The molecule has 1 aliphatic heterocycles. The van der Waals surface area contributed by atoms with Crippen LogP contribution in [-0.4, -0.2) is 71.2 Å². The second-order valence-electron chi connectivity index (χ2n) is 6.07. The molecule has 2 rings (SSSR count). The Morgan fingerprint density at radius 2 is 2.04 bits per heavy atom. The summed E-state index contributed by atoms with van der Waals surface area (Å²) in [6.07, 6.45) is 1.13. The molecule has 2 atom stereocenters. The summed E-state index contributed by atoms with van der Waals surface area (Å²) in [6.45, 7) is 2.16. The van der Waals surface area contributed by atoms with Gasteiger partial charge in [-0.3, -0.25) is 4.90 Å². The van der Waals surface area contributed by atoms with Gasteiger partial charge >= 0.3 is 0 Å². The number of rotatable bonds is 7. The minimum atomic E-state index is -3.41. The maximum atomic E-state index is 12.3. The third-order valence-corrected chi connectivity index (χ3v) is 6.06. The van der Waals surface area contributed by atoms with E-state index in [2.05, 4.69) is 4.90 Å². The average Bonchev–Trinajstić information content (AvgIpc) is 2.90. The SMILES string of the molecule is COC[C@@H]1C[C@@H](OC)CN1Cc1cccc(S(=O)(=O)N(C)C)c1. The Morgan fingerprint density at radius 3 is 2.65 bits per heavy atom. The van der Waals surface area contributed by atoms with Gasteiger partial charge in [-0.2, -0.15) is 0 Å². The summed E-state index contributed by atoms with van der Waals surface area (Å²) in [5.74, 6) is 0. The Morgan fingerprint density at radius 1 is 1.30 bits per heavy atom. The van der Waals surface area contributed by atoms with Crippen molar-refractivity contribution in [1.82, 2.24) is 9.21 Å². The molecule has 0 aromatic heterocycles. The molecule has 0 radical (unpaired) electrons. The van der Waals surface area contributed by atoms with Crippen LogP contribution in [0.5, 0.6) is 0 Å². The van der Waals surface area contributed by atoms with Crippen LogP contribution in [0.15, 0.2) is 29.2 Å². The Labute approximate surface area is 139 Å². The fourth-order valence-electron chi connectivity index (χ4n) is 2.92. The Bertz CT molecular complexity index is 618. The average molecular weight is 342 g/mol. The molecular weight excluding hydrogens is 316 g/mol. The first-order chi connectivity index (χ1) is 10.9. The van der Waals surface area contributed by atoms with Crippen molar-refractivity contribution >= 4 is 10.0 Å². The quantitative estimate of drug-likeness (QED) is 0.744. The van der Waals surface area contributed by atoms with E-state index in [-0.39, 0.29) is 6.10 Å². The van der Waals surface area contributed by atoms with Crippen LogP contribution in [0.3, 0.4) is 0 Å². The van der Waals surface area contributed by atoms with Gasteiger partial charge in [-0.05, 0) is 24.1 Å². The van der Waals surface area contributed by atoms with E-state index >= 15 is 0 Å². The third-order valence-electron chi connectivity index (χ3n) is 4.24. The van der Waals surface area contributed by atoms with Crippen LogP contribution < -0.4 is 0 Å². The molecule has 1 aromatic rings. The fourth-order valence-corrected chi connectivity index (χ4v) is 3.89. The van der Waals surface area contributed by atoms with E-state index in [4.69, 9.17) is 9.47 Å². The predicted octanol–water partition coefficient (Wildman–Crippen LogP) is 1.17. The van der Waals surface area contributed by atoms with Crippen molar-refractivity contribution in [3.63, 3.8) is 0 Å². The van der Waals surface area contributed by atoms with Crippen LogP contribution in [0.1, 0.15) is 12.0 Å². The molecule has 23 heavy (non-hydrogen) atoms. The molecule has 1 fully saturated rings. The smallest absolute Gasteiger partial charge is 0.242 e. The van der Waals surface area contributed by atoms with E-state index < -0.39 is 10.0 Å². The molecule has 0 spiro atoms. The van der Waals surface area contributed by atoms with E-state index in [1.54, 1.807) is 46.5 Å². The van der Waals surface area contributed by atoms with Crippen molar-refractivity contribution in [2.24, 2.45) is 0 Å². The van der Waals surface area contributed by atoms with Crippen molar-refractivity contribution in [1.29, 1.82) is 0 Å². The van der Waals surface area contributed by atoms with E-state index in [1.165, 1.54) is 4.31 Å². The molecule has 1 heterocycles. The number of likely N-dealkylation sites (tertiary alicyclic amines) is 1. The van der Waals surface area contributed by atoms with Crippen LogP contribution in [0.4, 0.5) is 0 Å². The highest BCUT2D eigenvalue weighted by molar-refractivity contribution is 7.89. The van der Waals surface area contributed by atoms with Gasteiger partial charge in [0.2, 0.25) is 10.0 Å². The van der Waals surface area contributed by atoms with E-state index in [1.807, 2.05) is 6.07 Å². The number of benzene rings is 1. The van der Waals surface area contributed by atoms with E-state index in [9.17, 15) is 8.42 Å². The minimum absolute atomic E-state index is 0.198. The molecule has 7 heteroatoms. The largest absolute Gasteiger partial charge is 0.383 e. The first kappa shape index (κ1) is 18.4. The highest BCUT2D eigenvalue weighted by Crippen LogP contribution is 2.24. The molecule has 6 nitrogen and oxygen atoms in total. The third kappa shape index (κ3) is 4.30. The van der Waals surface area contributed by atoms with Gasteiger partial charge in [0.05, 0.1) is 17.6 Å². The molecular formula is C16H26N2O4S. The van der Waals surface area contributed by atoms with Gasteiger partial charge in [0.1, 0.15) is 0 Å². The zero-order valence-corrected chi connectivity index (χ0v) is 15.0. The molecule has 1 aliphatic rings. The van der Waals surface area contributed by atoms with Crippen molar-refractivity contribution in [3.05, 3.63) is 29.8 Å². The number of sulfonamides is 1. The number of nitrogens with zero attached hydrogens (tertiary/aromatic N) is 2. The molecule has 0 amide bonds. The first-order valence-corrected chi connectivity index (χ1v) is 9.09. The second kappa shape index (κ2) is 7.72. The van der Waals surface area contributed by atoms with Crippen molar-refractivity contribution in [2.45, 2.75) is 30.0 Å². The highest BCUT2D eigenvalue weighted by Gasteiger charge is 2.32. The lowest BCUT2D eigenvalue weighted by Crippen LogP contribution is -2.32. The number of methoxy groups -OCH3 is 2. The van der Waals surface area contributed by atoms with E-state index in [0.29, 0.717) is 24.1 Å². The van der Waals surface area contributed by atoms with Crippen LogP contribution in [-0.2, 0) is 26.0 Å². The Balaban J connectivity index is 2.17. The maximum Gasteiger partial charge on any atom is 0.242 e. The summed E-state index contributed by atoms with van der Waals surface area (Å²) in [5.41, 5.74) is 0.978. The van der Waals surface area contributed by atoms with Crippen LogP contribution in [0.2, 0.25) is 0 Å². The fraction of sp³-hybridized carbons (Fsp3) is 0.625. The van der Waals surface area contributed by atoms with Gasteiger partial charge in [0.25, 0.3) is 0 Å². The lowest BCUT2D eigenvalue weighted by Gasteiger charge is -2.23. The van der Waals surface area contributed by atoms with Crippen molar-refractivity contribution in [2.75, 3.05) is 41.5 Å². The number of hydrogen-bond acceptors (Lipinski definition) is 5. The van der Waals surface area contributed by atoms with Gasteiger partial charge in [0, 0.05) is 47.4 Å². The van der Waals surface area contributed by atoms with E-state index in [0.717, 1.165) is 18.5 Å². The second-order valence-corrected chi connectivity index (χ2v) is 8.22. The first-order valence-electron chi connectivity index (χ1n) is 7.65.